The predicted octanol–water partition coefficient (Wildman–Crippen LogP) is 0.192. The number of morpholine rings is 1. The molecule has 1 fully saturated rings. The first-order valence-electron chi connectivity index (χ1n) is 8.72. The number of methoxy groups -OCH3 is 1. The maximum atomic E-state index is 12.8. The molecule has 132 valence electrons. The second kappa shape index (κ2) is 6.85. The van der Waals surface area contributed by atoms with E-state index in [2.05, 4.69) is 9.97 Å². The molecule has 0 aliphatic carbocycles. The zero-order valence-corrected chi connectivity index (χ0v) is 14.4. The third-order valence-electron chi connectivity index (χ3n) is 4.91. The first-order chi connectivity index (χ1) is 12.3. The topological polar surface area (TPSA) is 73.6 Å². The van der Waals surface area contributed by atoms with Crippen molar-refractivity contribution in [3.8, 4) is 5.75 Å². The number of aryl methyl sites for hydroxylation is 1. The van der Waals surface area contributed by atoms with Crippen LogP contribution in [-0.2, 0) is 11.3 Å². The highest BCUT2D eigenvalue weighted by molar-refractivity contribution is 6.04. The summed E-state index contributed by atoms with van der Waals surface area (Å²) >= 11 is 0. The van der Waals surface area contributed by atoms with E-state index in [1.165, 1.54) is 0 Å². The van der Waals surface area contributed by atoms with Gasteiger partial charge < -0.3 is 19.4 Å². The Hall–Kier alpha value is -2.38. The average molecular weight is 343 g/mol. The van der Waals surface area contributed by atoms with Gasteiger partial charge in [-0.05, 0) is 12.1 Å². The molecule has 4 rings (SSSR count). The number of hydrogen-bond acceptors (Lipinski definition) is 4. The van der Waals surface area contributed by atoms with E-state index >= 15 is 0 Å². The molecular weight excluding hydrogens is 320 g/mol. The zero-order chi connectivity index (χ0) is 17.2. The Kier molecular flexibility index (Phi) is 4.42. The summed E-state index contributed by atoms with van der Waals surface area (Å²) in [5, 5.41) is 0.942. The molecular formula is C18H23N4O3+. The molecule has 1 aromatic carbocycles. The lowest BCUT2D eigenvalue weighted by Gasteiger charge is -2.23. The molecule has 1 saturated heterocycles. The van der Waals surface area contributed by atoms with E-state index in [1.54, 1.807) is 22.9 Å². The smallest absolute Gasteiger partial charge is 0.277 e. The second-order valence-corrected chi connectivity index (χ2v) is 6.47. The first-order valence-corrected chi connectivity index (χ1v) is 8.72. The monoisotopic (exact) mass is 343 g/mol. The van der Waals surface area contributed by atoms with Crippen molar-refractivity contribution in [2.24, 2.45) is 0 Å². The number of fused-ring (bicyclic) bond motifs is 3. The van der Waals surface area contributed by atoms with Crippen molar-refractivity contribution in [2.75, 3.05) is 40.0 Å². The van der Waals surface area contributed by atoms with E-state index in [0.29, 0.717) is 12.1 Å². The van der Waals surface area contributed by atoms with Crippen molar-refractivity contribution < 1.29 is 14.4 Å². The lowest BCUT2D eigenvalue weighted by atomic mass is 10.2. The number of nitrogens with zero attached hydrogens (tertiary/aromatic N) is 2. The molecule has 0 saturated carbocycles. The van der Waals surface area contributed by atoms with Crippen LogP contribution in [0, 0.1) is 0 Å². The van der Waals surface area contributed by atoms with Crippen LogP contribution in [0.4, 0.5) is 0 Å². The van der Waals surface area contributed by atoms with Crippen LogP contribution < -0.4 is 15.2 Å². The van der Waals surface area contributed by atoms with E-state index in [1.807, 2.05) is 18.2 Å². The molecule has 7 heteroatoms. The number of hydrogen-bond donors (Lipinski definition) is 2. The molecule has 7 nitrogen and oxygen atoms in total. The highest BCUT2D eigenvalue weighted by Gasteiger charge is 2.14. The van der Waals surface area contributed by atoms with Crippen LogP contribution in [-0.4, -0.2) is 54.5 Å². The number of nitrogens with one attached hydrogen (secondary N) is 2. The Bertz CT molecular complexity index is 941. The Labute approximate surface area is 145 Å². The fourth-order valence-electron chi connectivity index (χ4n) is 3.47. The van der Waals surface area contributed by atoms with Gasteiger partial charge in [-0.2, -0.15) is 0 Å². The zero-order valence-electron chi connectivity index (χ0n) is 14.4. The lowest BCUT2D eigenvalue weighted by molar-refractivity contribution is -0.908. The largest absolute Gasteiger partial charge is 0.497 e. The Morgan fingerprint density at radius 3 is 3.00 bits per heavy atom. The minimum atomic E-state index is -0.0165. The third-order valence-corrected chi connectivity index (χ3v) is 4.91. The normalized spacial score (nSPS) is 15.9. The molecule has 1 aliphatic heterocycles. The van der Waals surface area contributed by atoms with Crippen molar-refractivity contribution in [3.63, 3.8) is 0 Å². The lowest BCUT2D eigenvalue weighted by Crippen LogP contribution is -3.14. The fraction of sp³-hybridized carbons (Fsp3) is 0.444. The number of H-pyrrole nitrogens is 1. The number of ether oxygens (including phenoxy) is 2. The summed E-state index contributed by atoms with van der Waals surface area (Å²) < 4.78 is 12.3. The van der Waals surface area contributed by atoms with E-state index in [-0.39, 0.29) is 5.56 Å². The molecule has 0 atom stereocenters. The molecule has 0 amide bonds. The number of rotatable bonds is 5. The summed E-state index contributed by atoms with van der Waals surface area (Å²) in [5.74, 6) is 0.757. The maximum Gasteiger partial charge on any atom is 0.277 e. The summed E-state index contributed by atoms with van der Waals surface area (Å²) in [6.45, 7) is 5.51. The number of aromatic amines is 1. The van der Waals surface area contributed by atoms with Gasteiger partial charge in [-0.3, -0.25) is 9.36 Å². The third kappa shape index (κ3) is 3.12. The van der Waals surface area contributed by atoms with Crippen molar-refractivity contribution in [1.29, 1.82) is 0 Å². The highest BCUT2D eigenvalue weighted by atomic mass is 16.5. The van der Waals surface area contributed by atoms with Crippen LogP contribution in [0.25, 0.3) is 21.9 Å². The SMILES string of the molecule is COc1ccc2c(c1)[nH]c1c(=O)n(CCC[NH+]3CCOCC3)cnc12. The standard InChI is InChI=1S/C18H22N4O3/c1-24-13-3-4-14-15(11-13)20-17-16(14)19-12-22(18(17)23)6-2-5-21-7-9-25-10-8-21/h3-4,11-12,20H,2,5-10H2,1H3/p+1. The summed E-state index contributed by atoms with van der Waals surface area (Å²) in [4.78, 5) is 22.0. The van der Waals surface area contributed by atoms with Gasteiger partial charge in [-0.25, -0.2) is 4.98 Å². The first kappa shape index (κ1) is 16.1. The fourth-order valence-corrected chi connectivity index (χ4v) is 3.47. The molecule has 0 radical (unpaired) electrons. The van der Waals surface area contributed by atoms with Gasteiger partial charge in [-0.1, -0.05) is 0 Å². The Morgan fingerprint density at radius 1 is 1.36 bits per heavy atom. The molecule has 1 aliphatic rings. The molecule has 2 aromatic heterocycles. The summed E-state index contributed by atoms with van der Waals surface area (Å²) in [5.41, 5.74) is 2.13. The van der Waals surface area contributed by atoms with Crippen molar-refractivity contribution in [2.45, 2.75) is 13.0 Å². The summed E-state index contributed by atoms with van der Waals surface area (Å²) in [7, 11) is 1.63. The minimum Gasteiger partial charge on any atom is -0.497 e. The van der Waals surface area contributed by atoms with E-state index in [9.17, 15) is 4.79 Å². The van der Waals surface area contributed by atoms with Crippen molar-refractivity contribution in [3.05, 3.63) is 34.9 Å². The van der Waals surface area contributed by atoms with Crippen LogP contribution in [0.5, 0.6) is 5.75 Å². The van der Waals surface area contributed by atoms with Gasteiger partial charge in [0, 0.05) is 24.4 Å². The number of aromatic nitrogens is 3. The van der Waals surface area contributed by atoms with E-state index in [4.69, 9.17) is 9.47 Å². The summed E-state index contributed by atoms with van der Waals surface area (Å²) in [6, 6.07) is 5.71. The molecule has 2 N–H and O–H groups in total. The van der Waals surface area contributed by atoms with Gasteiger partial charge in [0.05, 0.1) is 38.7 Å². The Balaban J connectivity index is 1.56. The molecule has 0 spiro atoms. The van der Waals surface area contributed by atoms with Gasteiger partial charge in [0.2, 0.25) is 0 Å². The van der Waals surface area contributed by atoms with E-state index < -0.39 is 0 Å². The van der Waals surface area contributed by atoms with Crippen LogP contribution in [0.3, 0.4) is 0 Å². The molecule has 25 heavy (non-hydrogen) atoms. The van der Waals surface area contributed by atoms with E-state index in [0.717, 1.165) is 61.4 Å². The highest BCUT2D eigenvalue weighted by Crippen LogP contribution is 2.25. The van der Waals surface area contributed by atoms with Gasteiger partial charge in [0.25, 0.3) is 5.56 Å². The van der Waals surface area contributed by atoms with Gasteiger partial charge in [0.15, 0.2) is 0 Å². The number of quaternary nitrogens is 1. The van der Waals surface area contributed by atoms with Crippen LogP contribution in [0.2, 0.25) is 0 Å². The predicted molar refractivity (Wildman–Crippen MR) is 95.4 cm³/mol. The Morgan fingerprint density at radius 2 is 2.20 bits per heavy atom. The average Bonchev–Trinajstić information content (AvgIpc) is 3.03. The van der Waals surface area contributed by atoms with Crippen molar-refractivity contribution in [1.82, 2.24) is 14.5 Å². The molecule has 0 bridgehead atoms. The number of benzene rings is 1. The van der Waals surface area contributed by atoms with Crippen LogP contribution in [0.15, 0.2) is 29.3 Å². The van der Waals surface area contributed by atoms with Crippen molar-refractivity contribution >= 4 is 21.9 Å². The molecule has 3 aromatic rings. The molecule has 0 unspecified atom stereocenters. The van der Waals surface area contributed by atoms with Gasteiger partial charge in [-0.15, -0.1) is 0 Å². The second-order valence-electron chi connectivity index (χ2n) is 6.47. The van der Waals surface area contributed by atoms with Gasteiger partial charge in [0.1, 0.15) is 29.9 Å². The van der Waals surface area contributed by atoms with Gasteiger partial charge >= 0.3 is 0 Å². The quantitative estimate of drug-likeness (QED) is 0.694. The summed E-state index contributed by atoms with van der Waals surface area (Å²) in [6.07, 6.45) is 2.62. The molecule has 3 heterocycles. The van der Waals surface area contributed by atoms with Crippen LogP contribution in [0.1, 0.15) is 6.42 Å². The minimum absolute atomic E-state index is 0.0165. The van der Waals surface area contributed by atoms with Crippen LogP contribution >= 0.6 is 0 Å². The maximum absolute atomic E-state index is 12.8.